The lowest BCUT2D eigenvalue weighted by Gasteiger charge is -2.16. The number of nitrogens with zero attached hydrogens (tertiary/aromatic N) is 4. The zero-order chi connectivity index (χ0) is 17.4. The van der Waals surface area contributed by atoms with Crippen molar-refractivity contribution in [2.75, 3.05) is 12.3 Å². The van der Waals surface area contributed by atoms with E-state index < -0.39 is 24.5 Å². The fraction of sp³-hybridized carbons (Fsp3) is 0.400. The molecular formula is C15H17N5O4S. The number of imidazole rings is 1. The molecule has 0 amide bonds. The van der Waals surface area contributed by atoms with Crippen LogP contribution in [0, 0.1) is 0 Å². The van der Waals surface area contributed by atoms with Crippen LogP contribution in [0.25, 0.3) is 11.2 Å². The van der Waals surface area contributed by atoms with E-state index >= 15 is 0 Å². The number of nitrogen functional groups attached to an aromatic ring is 1. The molecule has 0 aromatic carbocycles. The Bertz CT molecular complexity index is 855. The van der Waals surface area contributed by atoms with Crippen molar-refractivity contribution < 1.29 is 19.7 Å². The van der Waals surface area contributed by atoms with E-state index in [1.54, 1.807) is 15.9 Å². The Morgan fingerprint density at radius 1 is 1.28 bits per heavy atom. The molecule has 4 N–H and O–H groups in total. The van der Waals surface area contributed by atoms with Gasteiger partial charge in [-0.3, -0.25) is 4.57 Å². The van der Waals surface area contributed by atoms with Crippen LogP contribution in [-0.2, 0) is 16.1 Å². The molecule has 4 heterocycles. The molecule has 25 heavy (non-hydrogen) atoms. The number of hydrogen-bond acceptors (Lipinski definition) is 9. The third-order valence-electron chi connectivity index (χ3n) is 4.13. The first-order chi connectivity index (χ1) is 12.1. The fourth-order valence-electron chi connectivity index (χ4n) is 2.82. The maximum Gasteiger partial charge on any atom is 0.167 e. The average molecular weight is 363 g/mol. The summed E-state index contributed by atoms with van der Waals surface area (Å²) in [4.78, 5) is 12.2. The van der Waals surface area contributed by atoms with E-state index in [0.29, 0.717) is 17.8 Å². The predicted molar refractivity (Wildman–Crippen MR) is 89.6 cm³/mol. The first-order valence-electron chi connectivity index (χ1n) is 7.68. The summed E-state index contributed by atoms with van der Waals surface area (Å²) in [6.45, 7) is 0.586. The van der Waals surface area contributed by atoms with Gasteiger partial charge in [0, 0.05) is 0 Å². The van der Waals surface area contributed by atoms with Crippen LogP contribution in [-0.4, -0.2) is 54.7 Å². The summed E-state index contributed by atoms with van der Waals surface area (Å²) >= 11 is 1.59. The first kappa shape index (κ1) is 16.4. The number of rotatable bonds is 5. The number of aromatic nitrogens is 4. The summed E-state index contributed by atoms with van der Waals surface area (Å²) < 4.78 is 12.9. The summed E-state index contributed by atoms with van der Waals surface area (Å²) in [5, 5.41) is 24.6. The summed E-state index contributed by atoms with van der Waals surface area (Å²) in [5.74, 6) is 0.243. The molecule has 1 saturated heterocycles. The lowest BCUT2D eigenvalue weighted by atomic mass is 10.1. The van der Waals surface area contributed by atoms with Gasteiger partial charge in [-0.2, -0.15) is 11.3 Å². The third-order valence-corrected chi connectivity index (χ3v) is 4.86. The van der Waals surface area contributed by atoms with Crippen molar-refractivity contribution in [2.45, 2.75) is 31.1 Å². The molecule has 4 rings (SSSR count). The molecule has 0 aliphatic carbocycles. The molecule has 0 radical (unpaired) electrons. The maximum atomic E-state index is 10.4. The third kappa shape index (κ3) is 2.98. The van der Waals surface area contributed by atoms with Gasteiger partial charge in [-0.05, 0) is 22.4 Å². The Labute approximate surface area is 146 Å². The number of fused-ring (bicyclic) bond motifs is 1. The van der Waals surface area contributed by atoms with Gasteiger partial charge in [0.25, 0.3) is 0 Å². The number of nitrogens with two attached hydrogens (primary N) is 1. The number of ether oxygens (including phenoxy) is 2. The molecule has 3 aromatic rings. The van der Waals surface area contributed by atoms with Crippen molar-refractivity contribution >= 4 is 28.3 Å². The molecule has 0 spiro atoms. The van der Waals surface area contributed by atoms with Crippen LogP contribution in [0.3, 0.4) is 0 Å². The van der Waals surface area contributed by atoms with E-state index in [4.69, 9.17) is 15.2 Å². The molecule has 10 heteroatoms. The quantitative estimate of drug-likeness (QED) is 0.591. The van der Waals surface area contributed by atoms with Crippen molar-refractivity contribution in [2.24, 2.45) is 0 Å². The SMILES string of the molecule is Nc1ncnc2c1ncn2[C@@H]1O[C@H](COCc2ccsc2)[C@@H](O)[C@H]1O. The lowest BCUT2D eigenvalue weighted by Crippen LogP contribution is -2.33. The van der Waals surface area contributed by atoms with E-state index in [-0.39, 0.29) is 12.4 Å². The molecule has 3 aromatic heterocycles. The number of anilines is 1. The molecule has 1 aliphatic rings. The van der Waals surface area contributed by atoms with Gasteiger partial charge >= 0.3 is 0 Å². The highest BCUT2D eigenvalue weighted by Crippen LogP contribution is 2.32. The molecule has 1 aliphatic heterocycles. The topological polar surface area (TPSA) is 129 Å². The van der Waals surface area contributed by atoms with Gasteiger partial charge in [0.15, 0.2) is 17.7 Å². The monoisotopic (exact) mass is 363 g/mol. The predicted octanol–water partition coefficient (Wildman–Crippen LogP) is 0.306. The Morgan fingerprint density at radius 2 is 2.16 bits per heavy atom. The molecule has 1 fully saturated rings. The van der Waals surface area contributed by atoms with Crippen LogP contribution in [0.1, 0.15) is 11.8 Å². The normalized spacial score (nSPS) is 26.5. The smallest absolute Gasteiger partial charge is 0.167 e. The van der Waals surface area contributed by atoms with Gasteiger partial charge < -0.3 is 25.4 Å². The van der Waals surface area contributed by atoms with Crippen LogP contribution < -0.4 is 5.73 Å². The van der Waals surface area contributed by atoms with E-state index in [1.165, 1.54) is 12.7 Å². The van der Waals surface area contributed by atoms with Gasteiger partial charge in [-0.15, -0.1) is 0 Å². The molecule has 0 unspecified atom stereocenters. The Balaban J connectivity index is 1.48. The molecule has 0 saturated carbocycles. The second-order valence-electron chi connectivity index (χ2n) is 5.78. The van der Waals surface area contributed by atoms with Gasteiger partial charge in [-0.25, -0.2) is 15.0 Å². The molecule has 132 valence electrons. The lowest BCUT2D eigenvalue weighted by molar-refractivity contribution is -0.0682. The number of aliphatic hydroxyl groups excluding tert-OH is 2. The minimum absolute atomic E-state index is 0.161. The highest BCUT2D eigenvalue weighted by atomic mass is 32.1. The van der Waals surface area contributed by atoms with Crippen LogP contribution in [0.5, 0.6) is 0 Å². The highest BCUT2D eigenvalue weighted by Gasteiger charge is 2.44. The second kappa shape index (κ2) is 6.65. The molecule has 0 bridgehead atoms. The van der Waals surface area contributed by atoms with Crippen molar-refractivity contribution in [3.05, 3.63) is 35.0 Å². The average Bonchev–Trinajstić information content (AvgIpc) is 3.32. The highest BCUT2D eigenvalue weighted by molar-refractivity contribution is 7.07. The van der Waals surface area contributed by atoms with Crippen molar-refractivity contribution in [3.8, 4) is 0 Å². The summed E-state index contributed by atoms with van der Waals surface area (Å²) in [6.07, 6.45) is -0.924. The summed E-state index contributed by atoms with van der Waals surface area (Å²) in [6, 6.07) is 1.97. The van der Waals surface area contributed by atoms with Crippen molar-refractivity contribution in [1.82, 2.24) is 19.5 Å². The molecule has 9 nitrogen and oxygen atoms in total. The summed E-state index contributed by atoms with van der Waals surface area (Å²) in [5.41, 5.74) is 7.68. The maximum absolute atomic E-state index is 10.4. The van der Waals surface area contributed by atoms with Crippen molar-refractivity contribution in [1.29, 1.82) is 0 Å². The molecule has 4 atom stereocenters. The molecular weight excluding hydrogens is 346 g/mol. The van der Waals surface area contributed by atoms with E-state index in [9.17, 15) is 10.2 Å². The Morgan fingerprint density at radius 3 is 2.96 bits per heavy atom. The van der Waals surface area contributed by atoms with Crippen LogP contribution in [0.4, 0.5) is 5.82 Å². The number of aliphatic hydroxyl groups is 2. The zero-order valence-corrected chi connectivity index (χ0v) is 13.9. The van der Waals surface area contributed by atoms with Crippen molar-refractivity contribution in [3.63, 3.8) is 0 Å². The van der Waals surface area contributed by atoms with Gasteiger partial charge in [0.1, 0.15) is 30.2 Å². The zero-order valence-electron chi connectivity index (χ0n) is 13.1. The minimum Gasteiger partial charge on any atom is -0.387 e. The van der Waals surface area contributed by atoms with E-state index in [0.717, 1.165) is 5.56 Å². The Hall–Kier alpha value is -2.11. The summed E-state index contributed by atoms with van der Waals surface area (Å²) in [7, 11) is 0. The Kier molecular flexibility index (Phi) is 4.36. The standard InChI is InChI=1S/C15H17N5O4S/c16-13-10-14(18-6-17-13)20(7-19-10)15-12(22)11(21)9(24-15)4-23-3-8-1-2-25-5-8/h1-2,5-7,9,11-12,15,21-22H,3-4H2,(H2,16,17,18)/t9-,11-,12-,15-/m1/s1. The van der Waals surface area contributed by atoms with Crippen LogP contribution in [0.2, 0.25) is 0 Å². The van der Waals surface area contributed by atoms with E-state index in [1.807, 2.05) is 16.8 Å². The van der Waals surface area contributed by atoms with Crippen LogP contribution in [0.15, 0.2) is 29.5 Å². The van der Waals surface area contributed by atoms with Crippen LogP contribution >= 0.6 is 11.3 Å². The second-order valence-corrected chi connectivity index (χ2v) is 6.56. The fourth-order valence-corrected chi connectivity index (χ4v) is 3.47. The number of hydrogen-bond donors (Lipinski definition) is 3. The first-order valence-corrected chi connectivity index (χ1v) is 8.63. The van der Waals surface area contributed by atoms with E-state index in [2.05, 4.69) is 15.0 Å². The van der Waals surface area contributed by atoms with Gasteiger partial charge in [0.05, 0.1) is 19.5 Å². The van der Waals surface area contributed by atoms with Gasteiger partial charge in [-0.1, -0.05) is 0 Å². The number of thiophene rings is 1. The minimum atomic E-state index is -1.14. The largest absolute Gasteiger partial charge is 0.387 e. The van der Waals surface area contributed by atoms with Gasteiger partial charge in [0.2, 0.25) is 0 Å².